The molecule has 0 aromatic rings. The highest BCUT2D eigenvalue weighted by atomic mass is 15.0. The van der Waals surface area contributed by atoms with E-state index >= 15 is 0 Å². The molecule has 0 amide bonds. The Kier molecular flexibility index (Phi) is 6.71. The first kappa shape index (κ1) is 14.5. The quantitative estimate of drug-likeness (QED) is 0.583. The lowest BCUT2D eigenvalue weighted by Crippen LogP contribution is -2.38. The third-order valence-electron chi connectivity index (χ3n) is 2.58. The molecule has 90 valence electrons. The highest BCUT2D eigenvalue weighted by molar-refractivity contribution is 4.98. The number of unbranched alkanes of at least 4 members (excludes halogenated alkanes) is 2. The maximum atomic E-state index is 4.10. The molecule has 1 N–H and O–H groups in total. The van der Waals surface area contributed by atoms with Gasteiger partial charge in [-0.1, -0.05) is 46.6 Å². The molecular weight excluding hydrogens is 182 g/mol. The van der Waals surface area contributed by atoms with Crippen LogP contribution in [0, 0.1) is 5.92 Å². The van der Waals surface area contributed by atoms with Gasteiger partial charge in [0.2, 0.25) is 0 Å². The van der Waals surface area contributed by atoms with Gasteiger partial charge >= 0.3 is 0 Å². The normalized spacial score (nSPS) is 11.9. The summed E-state index contributed by atoms with van der Waals surface area (Å²) >= 11 is 0. The number of hydrogen-bond donors (Lipinski definition) is 1. The molecule has 0 aliphatic heterocycles. The van der Waals surface area contributed by atoms with Crippen molar-refractivity contribution in [1.29, 1.82) is 0 Å². The molecule has 0 saturated carbocycles. The molecule has 0 aliphatic carbocycles. The predicted molar refractivity (Wildman–Crippen MR) is 70.0 cm³/mol. The SMILES string of the molecule is C=C(CC(C)C)NC(C)(C)CCCCC. The van der Waals surface area contributed by atoms with Gasteiger partial charge in [-0.2, -0.15) is 0 Å². The standard InChI is InChI=1S/C14H29N/c1-7-8-9-10-14(5,6)15-13(4)11-12(2)3/h12,15H,4,7-11H2,1-3,5-6H3. The van der Waals surface area contributed by atoms with E-state index in [1.165, 1.54) is 31.4 Å². The van der Waals surface area contributed by atoms with Crippen molar-refractivity contribution in [2.45, 2.75) is 72.3 Å². The van der Waals surface area contributed by atoms with Crippen molar-refractivity contribution in [2.75, 3.05) is 0 Å². The second-order valence-corrected chi connectivity index (χ2v) is 5.67. The number of rotatable bonds is 8. The fourth-order valence-corrected chi connectivity index (χ4v) is 1.90. The van der Waals surface area contributed by atoms with Gasteiger partial charge in [0.05, 0.1) is 0 Å². The number of nitrogens with one attached hydrogen (secondary N) is 1. The lowest BCUT2D eigenvalue weighted by atomic mass is 9.95. The molecule has 0 unspecified atom stereocenters. The molecule has 0 radical (unpaired) electrons. The van der Waals surface area contributed by atoms with Crippen molar-refractivity contribution in [2.24, 2.45) is 5.92 Å². The Labute approximate surface area is 96.3 Å². The number of hydrogen-bond acceptors (Lipinski definition) is 1. The van der Waals surface area contributed by atoms with Crippen LogP contribution < -0.4 is 5.32 Å². The minimum absolute atomic E-state index is 0.209. The molecule has 0 saturated heterocycles. The van der Waals surface area contributed by atoms with Gasteiger partial charge in [0.1, 0.15) is 0 Å². The molecule has 0 bridgehead atoms. The molecule has 0 aromatic carbocycles. The maximum absolute atomic E-state index is 4.10. The molecule has 0 atom stereocenters. The van der Waals surface area contributed by atoms with Gasteiger partial charge in [-0.3, -0.25) is 0 Å². The van der Waals surface area contributed by atoms with Gasteiger partial charge in [-0.05, 0) is 32.6 Å². The molecule has 0 rings (SSSR count). The van der Waals surface area contributed by atoms with Crippen molar-refractivity contribution in [3.05, 3.63) is 12.3 Å². The molecular formula is C14H29N. The van der Waals surface area contributed by atoms with Gasteiger partial charge in [-0.15, -0.1) is 0 Å². The zero-order chi connectivity index (χ0) is 11.9. The van der Waals surface area contributed by atoms with E-state index in [4.69, 9.17) is 0 Å². The topological polar surface area (TPSA) is 12.0 Å². The van der Waals surface area contributed by atoms with Crippen molar-refractivity contribution >= 4 is 0 Å². The summed E-state index contributed by atoms with van der Waals surface area (Å²) in [4.78, 5) is 0. The summed E-state index contributed by atoms with van der Waals surface area (Å²) < 4.78 is 0. The van der Waals surface area contributed by atoms with Crippen LogP contribution in [-0.4, -0.2) is 5.54 Å². The van der Waals surface area contributed by atoms with Crippen molar-refractivity contribution in [1.82, 2.24) is 5.32 Å². The van der Waals surface area contributed by atoms with Gasteiger partial charge in [0.25, 0.3) is 0 Å². The van der Waals surface area contributed by atoms with Crippen LogP contribution in [0.5, 0.6) is 0 Å². The Morgan fingerprint density at radius 2 is 1.87 bits per heavy atom. The second kappa shape index (κ2) is 6.92. The Balaban J connectivity index is 3.85. The first-order valence-electron chi connectivity index (χ1n) is 6.33. The maximum Gasteiger partial charge on any atom is 0.0314 e. The highest BCUT2D eigenvalue weighted by Crippen LogP contribution is 2.17. The van der Waals surface area contributed by atoms with Crippen molar-refractivity contribution in [3.63, 3.8) is 0 Å². The summed E-state index contributed by atoms with van der Waals surface area (Å²) in [5.74, 6) is 0.691. The van der Waals surface area contributed by atoms with Gasteiger partial charge < -0.3 is 5.32 Å². The van der Waals surface area contributed by atoms with Crippen molar-refractivity contribution in [3.8, 4) is 0 Å². The van der Waals surface area contributed by atoms with E-state index in [1.807, 2.05) is 0 Å². The van der Waals surface area contributed by atoms with Crippen molar-refractivity contribution < 1.29 is 0 Å². The van der Waals surface area contributed by atoms with Gasteiger partial charge in [0.15, 0.2) is 0 Å². The molecule has 0 fully saturated rings. The first-order chi connectivity index (χ1) is 6.87. The van der Waals surface area contributed by atoms with Crippen LogP contribution >= 0.6 is 0 Å². The molecule has 0 aromatic heterocycles. The molecule has 1 nitrogen and oxygen atoms in total. The molecule has 15 heavy (non-hydrogen) atoms. The Hall–Kier alpha value is -0.460. The smallest absolute Gasteiger partial charge is 0.0314 e. The fourth-order valence-electron chi connectivity index (χ4n) is 1.90. The molecule has 0 aliphatic rings. The van der Waals surface area contributed by atoms with E-state index in [9.17, 15) is 0 Å². The van der Waals surface area contributed by atoms with Gasteiger partial charge in [0, 0.05) is 11.2 Å². The van der Waals surface area contributed by atoms with Crippen LogP contribution in [0.25, 0.3) is 0 Å². The summed E-state index contributed by atoms with van der Waals surface area (Å²) in [6.07, 6.45) is 6.26. The average molecular weight is 211 g/mol. The third kappa shape index (κ3) is 8.53. The number of allylic oxidation sites excluding steroid dienone is 1. The van der Waals surface area contributed by atoms with E-state index < -0.39 is 0 Å². The van der Waals surface area contributed by atoms with E-state index in [0.717, 1.165) is 6.42 Å². The van der Waals surface area contributed by atoms with Crippen LogP contribution in [0.15, 0.2) is 12.3 Å². The Morgan fingerprint density at radius 3 is 2.33 bits per heavy atom. The van der Waals surface area contributed by atoms with Crippen LogP contribution in [-0.2, 0) is 0 Å². The minimum atomic E-state index is 0.209. The molecule has 0 spiro atoms. The lowest BCUT2D eigenvalue weighted by Gasteiger charge is -2.29. The monoisotopic (exact) mass is 211 g/mol. The zero-order valence-electron chi connectivity index (χ0n) is 11.3. The van der Waals surface area contributed by atoms with Crippen LogP contribution in [0.1, 0.15) is 66.7 Å². The van der Waals surface area contributed by atoms with Crippen LogP contribution in [0.4, 0.5) is 0 Å². The largest absolute Gasteiger partial charge is 0.384 e. The fraction of sp³-hybridized carbons (Fsp3) is 0.857. The minimum Gasteiger partial charge on any atom is -0.384 e. The summed E-state index contributed by atoms with van der Waals surface area (Å²) in [6, 6.07) is 0. The average Bonchev–Trinajstić information content (AvgIpc) is 2.00. The second-order valence-electron chi connectivity index (χ2n) is 5.67. The highest BCUT2D eigenvalue weighted by Gasteiger charge is 2.17. The van der Waals surface area contributed by atoms with E-state index in [-0.39, 0.29) is 5.54 Å². The Bertz CT molecular complexity index is 180. The van der Waals surface area contributed by atoms with E-state index in [0.29, 0.717) is 5.92 Å². The first-order valence-corrected chi connectivity index (χ1v) is 6.33. The summed E-state index contributed by atoms with van der Waals surface area (Å²) in [5, 5.41) is 3.55. The van der Waals surface area contributed by atoms with E-state index in [1.54, 1.807) is 0 Å². The zero-order valence-corrected chi connectivity index (χ0v) is 11.3. The summed E-state index contributed by atoms with van der Waals surface area (Å²) in [5.41, 5.74) is 1.40. The predicted octanol–water partition coefficient (Wildman–Crippen LogP) is 4.49. The van der Waals surface area contributed by atoms with E-state index in [2.05, 4.69) is 46.5 Å². The summed E-state index contributed by atoms with van der Waals surface area (Å²) in [7, 11) is 0. The van der Waals surface area contributed by atoms with Crippen LogP contribution in [0.2, 0.25) is 0 Å². The molecule has 0 heterocycles. The lowest BCUT2D eigenvalue weighted by molar-refractivity contribution is 0.369. The molecule has 1 heteroatoms. The Morgan fingerprint density at radius 1 is 1.27 bits per heavy atom. The third-order valence-corrected chi connectivity index (χ3v) is 2.58. The van der Waals surface area contributed by atoms with Crippen LogP contribution in [0.3, 0.4) is 0 Å². The summed E-state index contributed by atoms with van der Waals surface area (Å²) in [6.45, 7) is 15.4. The van der Waals surface area contributed by atoms with Gasteiger partial charge in [-0.25, -0.2) is 0 Å².